The molecule has 2 heterocycles. The molecule has 0 spiro atoms. The number of aromatic nitrogens is 2. The quantitative estimate of drug-likeness (QED) is 0.640. The standard InChI is InChI=1S/C12H12N2O3S2/c1-6-5-18-8(13-6)4-9-14-10(12(16)17-3)11(19-9)7(2)15/h5H,4H2,1-3H3. The van der Waals surface area contributed by atoms with Crippen LogP contribution in [0.3, 0.4) is 0 Å². The highest BCUT2D eigenvalue weighted by Gasteiger charge is 2.22. The van der Waals surface area contributed by atoms with Gasteiger partial charge in [-0.1, -0.05) is 0 Å². The summed E-state index contributed by atoms with van der Waals surface area (Å²) < 4.78 is 4.63. The molecule has 0 radical (unpaired) electrons. The Morgan fingerprint density at radius 3 is 2.58 bits per heavy atom. The number of carbonyl (C=O) groups is 2. The van der Waals surface area contributed by atoms with Crippen molar-refractivity contribution in [1.82, 2.24) is 9.97 Å². The van der Waals surface area contributed by atoms with Crippen LogP contribution in [0, 0.1) is 6.92 Å². The Balaban J connectivity index is 2.32. The van der Waals surface area contributed by atoms with E-state index in [1.807, 2.05) is 12.3 Å². The van der Waals surface area contributed by atoms with E-state index < -0.39 is 5.97 Å². The molecule has 7 heteroatoms. The molecule has 0 amide bonds. The van der Waals surface area contributed by atoms with Crippen molar-refractivity contribution in [2.45, 2.75) is 20.3 Å². The van der Waals surface area contributed by atoms with Crippen LogP contribution in [0.2, 0.25) is 0 Å². The van der Waals surface area contributed by atoms with E-state index in [4.69, 9.17) is 0 Å². The molecule has 2 aromatic rings. The van der Waals surface area contributed by atoms with Crippen molar-refractivity contribution < 1.29 is 14.3 Å². The van der Waals surface area contributed by atoms with Crippen molar-refractivity contribution in [2.75, 3.05) is 7.11 Å². The lowest BCUT2D eigenvalue weighted by atomic mass is 10.3. The normalized spacial score (nSPS) is 10.5. The molecule has 0 aliphatic rings. The predicted molar refractivity (Wildman–Crippen MR) is 73.1 cm³/mol. The maximum atomic E-state index is 11.6. The zero-order chi connectivity index (χ0) is 14.0. The van der Waals surface area contributed by atoms with Crippen molar-refractivity contribution >= 4 is 34.4 Å². The maximum absolute atomic E-state index is 11.6. The van der Waals surface area contributed by atoms with Gasteiger partial charge >= 0.3 is 5.97 Å². The number of ether oxygens (including phenoxy) is 1. The van der Waals surface area contributed by atoms with Gasteiger partial charge in [-0.3, -0.25) is 4.79 Å². The molecule has 0 aliphatic carbocycles. The van der Waals surface area contributed by atoms with Crippen LogP contribution in [0.25, 0.3) is 0 Å². The lowest BCUT2D eigenvalue weighted by molar-refractivity contribution is 0.0591. The van der Waals surface area contributed by atoms with Gasteiger partial charge in [0.15, 0.2) is 11.5 Å². The zero-order valence-electron chi connectivity index (χ0n) is 10.7. The van der Waals surface area contributed by atoms with E-state index in [1.165, 1.54) is 36.7 Å². The van der Waals surface area contributed by atoms with Crippen molar-refractivity contribution in [3.63, 3.8) is 0 Å². The second-order valence-electron chi connectivity index (χ2n) is 3.89. The zero-order valence-corrected chi connectivity index (χ0v) is 12.4. The van der Waals surface area contributed by atoms with Crippen molar-refractivity contribution in [2.24, 2.45) is 0 Å². The van der Waals surface area contributed by atoms with Gasteiger partial charge in [-0.15, -0.1) is 22.7 Å². The summed E-state index contributed by atoms with van der Waals surface area (Å²) in [5.41, 5.74) is 1.06. The third kappa shape index (κ3) is 3.05. The Hall–Kier alpha value is -1.60. The molecule has 0 bridgehead atoms. The van der Waals surface area contributed by atoms with Crippen molar-refractivity contribution in [1.29, 1.82) is 0 Å². The van der Waals surface area contributed by atoms with Crippen LogP contribution >= 0.6 is 22.7 Å². The lowest BCUT2D eigenvalue weighted by Crippen LogP contribution is -2.07. The smallest absolute Gasteiger partial charge is 0.358 e. The first-order valence-electron chi connectivity index (χ1n) is 5.51. The molecule has 19 heavy (non-hydrogen) atoms. The number of hydrogen-bond donors (Lipinski definition) is 0. The monoisotopic (exact) mass is 296 g/mol. The first-order valence-corrected chi connectivity index (χ1v) is 7.21. The Bertz CT molecular complexity index is 631. The lowest BCUT2D eigenvalue weighted by Gasteiger charge is -1.95. The number of carbonyl (C=O) groups excluding carboxylic acids is 2. The summed E-state index contributed by atoms with van der Waals surface area (Å²) in [7, 11) is 1.27. The average molecular weight is 296 g/mol. The number of esters is 1. The Labute approximate surface area is 118 Å². The molecule has 2 aromatic heterocycles. The predicted octanol–water partition coefficient (Wildman–Crippen LogP) is 2.49. The second-order valence-corrected chi connectivity index (χ2v) is 5.92. The number of nitrogens with zero attached hydrogens (tertiary/aromatic N) is 2. The van der Waals surface area contributed by atoms with Crippen LogP contribution in [0.15, 0.2) is 5.38 Å². The number of thiazole rings is 2. The third-order valence-corrected chi connectivity index (χ3v) is 4.46. The van der Waals surface area contributed by atoms with E-state index in [0.717, 1.165) is 10.7 Å². The van der Waals surface area contributed by atoms with Crippen LogP contribution in [-0.4, -0.2) is 28.8 Å². The molecule has 0 saturated carbocycles. The molecular weight excluding hydrogens is 284 g/mol. The molecule has 0 aliphatic heterocycles. The van der Waals surface area contributed by atoms with Crippen LogP contribution in [0.4, 0.5) is 0 Å². The first kappa shape index (κ1) is 13.8. The number of aryl methyl sites for hydroxylation is 1. The van der Waals surface area contributed by atoms with Crippen LogP contribution < -0.4 is 0 Å². The SMILES string of the molecule is COC(=O)c1nc(Cc2nc(C)cs2)sc1C(C)=O. The largest absolute Gasteiger partial charge is 0.464 e. The molecule has 0 atom stereocenters. The Morgan fingerprint density at radius 1 is 1.32 bits per heavy atom. The topological polar surface area (TPSA) is 69.2 Å². The number of methoxy groups -OCH3 is 1. The summed E-state index contributed by atoms with van der Waals surface area (Å²) in [6.45, 7) is 3.33. The van der Waals surface area contributed by atoms with Gasteiger partial charge in [-0.05, 0) is 6.92 Å². The third-order valence-electron chi connectivity index (χ3n) is 2.34. The minimum atomic E-state index is -0.581. The fraction of sp³-hybridized carbons (Fsp3) is 0.333. The maximum Gasteiger partial charge on any atom is 0.358 e. The van der Waals surface area contributed by atoms with Crippen molar-refractivity contribution in [3.8, 4) is 0 Å². The summed E-state index contributed by atoms with van der Waals surface area (Å²) >= 11 is 2.76. The fourth-order valence-electron chi connectivity index (χ4n) is 1.53. The molecule has 0 aromatic carbocycles. The molecule has 5 nitrogen and oxygen atoms in total. The number of Topliss-reactive ketones (excluding diaryl/α,β-unsaturated/α-hetero) is 1. The van der Waals surface area contributed by atoms with Gasteiger partial charge in [0.2, 0.25) is 0 Å². The molecule has 0 saturated heterocycles. The van der Waals surface area contributed by atoms with E-state index >= 15 is 0 Å². The van der Waals surface area contributed by atoms with Crippen molar-refractivity contribution in [3.05, 3.63) is 31.7 Å². The van der Waals surface area contributed by atoms with E-state index in [2.05, 4.69) is 14.7 Å². The minimum Gasteiger partial charge on any atom is -0.464 e. The Morgan fingerprint density at radius 2 is 2.05 bits per heavy atom. The van der Waals surface area contributed by atoms with Crippen LogP contribution in [-0.2, 0) is 11.2 Å². The van der Waals surface area contributed by atoms with Gasteiger partial charge in [0.25, 0.3) is 0 Å². The first-order chi connectivity index (χ1) is 9.01. The second kappa shape index (κ2) is 5.58. The fourth-order valence-corrected chi connectivity index (χ4v) is 3.35. The summed E-state index contributed by atoms with van der Waals surface area (Å²) in [5, 5.41) is 3.56. The van der Waals surface area contributed by atoms with Gasteiger partial charge in [-0.2, -0.15) is 0 Å². The summed E-state index contributed by atoms with van der Waals surface area (Å²) in [5.74, 6) is -0.762. The minimum absolute atomic E-state index is 0.100. The van der Waals surface area contributed by atoms with E-state index in [-0.39, 0.29) is 11.5 Å². The van der Waals surface area contributed by atoms with Gasteiger partial charge < -0.3 is 4.74 Å². The summed E-state index contributed by atoms with van der Waals surface area (Å²) in [6.07, 6.45) is 0.528. The van der Waals surface area contributed by atoms with Gasteiger partial charge in [0.1, 0.15) is 9.88 Å². The number of ketones is 1. The van der Waals surface area contributed by atoms with E-state index in [9.17, 15) is 9.59 Å². The highest BCUT2D eigenvalue weighted by molar-refractivity contribution is 7.14. The number of rotatable bonds is 4. The Kier molecular flexibility index (Phi) is 4.06. The number of hydrogen-bond acceptors (Lipinski definition) is 7. The molecular formula is C12H12N2O3S2. The molecule has 0 N–H and O–H groups in total. The highest BCUT2D eigenvalue weighted by Crippen LogP contribution is 2.23. The highest BCUT2D eigenvalue weighted by atomic mass is 32.1. The molecule has 2 rings (SSSR count). The summed E-state index contributed by atoms with van der Waals surface area (Å²) in [4.78, 5) is 31.9. The van der Waals surface area contributed by atoms with Gasteiger partial charge in [-0.25, -0.2) is 14.8 Å². The van der Waals surface area contributed by atoms with E-state index in [0.29, 0.717) is 16.3 Å². The summed E-state index contributed by atoms with van der Waals surface area (Å²) in [6, 6.07) is 0. The molecule has 0 fully saturated rings. The van der Waals surface area contributed by atoms with Crippen LogP contribution in [0.1, 0.15) is 42.8 Å². The van der Waals surface area contributed by atoms with Gasteiger partial charge in [0, 0.05) is 18.0 Å². The van der Waals surface area contributed by atoms with Gasteiger partial charge in [0.05, 0.1) is 18.5 Å². The van der Waals surface area contributed by atoms with Crippen LogP contribution in [0.5, 0.6) is 0 Å². The van der Waals surface area contributed by atoms with E-state index in [1.54, 1.807) is 0 Å². The average Bonchev–Trinajstić information content (AvgIpc) is 2.95. The molecule has 0 unspecified atom stereocenters. The molecule has 100 valence electrons.